The van der Waals surface area contributed by atoms with E-state index in [2.05, 4.69) is 4.84 Å². The molecule has 0 amide bonds. The Balaban J connectivity index is 0.00000176. The number of rotatable bonds is 9. The molecule has 0 saturated carbocycles. The maximum atomic E-state index is 11.9. The Hall–Kier alpha value is -2.87. The summed E-state index contributed by atoms with van der Waals surface area (Å²) in [6.07, 6.45) is -0.604. The third kappa shape index (κ3) is 7.10. The van der Waals surface area contributed by atoms with Gasteiger partial charge in [0.15, 0.2) is 6.10 Å². The van der Waals surface area contributed by atoms with Crippen molar-refractivity contribution in [3.63, 3.8) is 0 Å². The molecule has 2 aromatic carbocycles. The number of aliphatic hydroxyl groups excluding tert-OH is 1. The van der Waals surface area contributed by atoms with Crippen LogP contribution in [0, 0.1) is 10.1 Å². The van der Waals surface area contributed by atoms with Crippen LogP contribution in [0.25, 0.3) is 10.8 Å². The molecule has 0 spiro atoms. The fourth-order valence-electron chi connectivity index (χ4n) is 2.27. The maximum Gasteiger partial charge on any atom is 0.339 e. The van der Waals surface area contributed by atoms with Crippen LogP contribution in [0.4, 0.5) is 0 Å². The Labute approximate surface area is 157 Å². The van der Waals surface area contributed by atoms with Crippen LogP contribution in [-0.2, 0) is 14.4 Å². The number of esters is 1. The molecule has 0 saturated heterocycles. The van der Waals surface area contributed by atoms with Gasteiger partial charge in [0.1, 0.15) is 5.75 Å². The second-order valence-corrected chi connectivity index (χ2v) is 5.31. The van der Waals surface area contributed by atoms with Crippen molar-refractivity contribution in [1.29, 1.82) is 0 Å². The van der Waals surface area contributed by atoms with Crippen molar-refractivity contribution in [3.8, 4) is 5.75 Å². The van der Waals surface area contributed by atoms with Crippen molar-refractivity contribution in [2.45, 2.75) is 32.8 Å². The summed E-state index contributed by atoms with van der Waals surface area (Å²) in [6, 6.07) is 10.6. The highest BCUT2D eigenvalue weighted by Gasteiger charge is 2.19. The average Bonchev–Trinajstić information content (AvgIpc) is 2.70. The van der Waals surface area contributed by atoms with E-state index in [9.17, 15) is 20.0 Å². The molecule has 0 radical (unpaired) electrons. The van der Waals surface area contributed by atoms with Gasteiger partial charge in [-0.25, -0.2) is 4.79 Å². The van der Waals surface area contributed by atoms with E-state index in [1.807, 2.05) is 26.0 Å². The van der Waals surface area contributed by atoms with E-state index in [1.165, 1.54) is 0 Å². The summed E-state index contributed by atoms with van der Waals surface area (Å²) < 4.78 is 10.1. The van der Waals surface area contributed by atoms with Crippen LogP contribution in [0.1, 0.15) is 38.4 Å². The highest BCUT2D eigenvalue weighted by atomic mass is 16.9. The summed E-state index contributed by atoms with van der Waals surface area (Å²) in [6.45, 7) is 4.00. The van der Waals surface area contributed by atoms with Crippen LogP contribution in [0.15, 0.2) is 36.4 Å². The normalized spacial score (nSPS) is 11.1. The van der Waals surface area contributed by atoms with Gasteiger partial charge in [-0.05, 0) is 47.4 Å². The van der Waals surface area contributed by atoms with E-state index >= 15 is 0 Å². The van der Waals surface area contributed by atoms with Gasteiger partial charge in [0.25, 0.3) is 5.09 Å². The molecule has 27 heavy (non-hydrogen) atoms. The monoisotopic (exact) mass is 379 g/mol. The smallest absolute Gasteiger partial charge is 0.339 e. The number of nitrogens with zero attached hydrogens (tertiary/aromatic N) is 1. The second kappa shape index (κ2) is 11.7. The standard InChI is InChI=1S/C17H19NO7.C2H6/c1-23-15-7-6-12-10-14(5-4-13(12)11-15)16(19)17(20)24-8-2-3-9-25-18(21)22;1-2/h4-7,10-11,16,19H,2-3,8-9H2,1H3;1-2H3. The number of carbonyl (C=O) groups is 1. The number of unbranched alkanes of at least 4 members (excludes halogenated alkanes) is 1. The lowest BCUT2D eigenvalue weighted by atomic mass is 10.0. The van der Waals surface area contributed by atoms with Gasteiger partial charge in [-0.1, -0.05) is 32.0 Å². The Bertz CT molecular complexity index is 748. The SMILES string of the molecule is CC.COc1ccc2cc(C(O)C(=O)OCCCCO[N+](=O)[O-])ccc2c1. The lowest BCUT2D eigenvalue weighted by molar-refractivity contribution is -0.757. The lowest BCUT2D eigenvalue weighted by Gasteiger charge is -2.12. The fourth-order valence-corrected chi connectivity index (χ4v) is 2.27. The number of aliphatic hydroxyl groups is 1. The van der Waals surface area contributed by atoms with Gasteiger partial charge in [0, 0.05) is 0 Å². The zero-order valence-electron chi connectivity index (χ0n) is 15.7. The minimum Gasteiger partial charge on any atom is -0.497 e. The molecule has 1 atom stereocenters. The molecule has 0 fully saturated rings. The Morgan fingerprint density at radius 1 is 1.11 bits per heavy atom. The number of fused-ring (bicyclic) bond motifs is 1. The first-order valence-electron chi connectivity index (χ1n) is 8.71. The van der Waals surface area contributed by atoms with E-state index in [-0.39, 0.29) is 13.2 Å². The number of benzene rings is 2. The molecular formula is C19H25NO7. The van der Waals surface area contributed by atoms with E-state index in [1.54, 1.807) is 31.4 Å². The third-order valence-electron chi connectivity index (χ3n) is 3.59. The molecule has 0 aliphatic rings. The number of ether oxygens (including phenoxy) is 2. The van der Waals surface area contributed by atoms with Gasteiger partial charge in [-0.2, -0.15) is 0 Å². The van der Waals surface area contributed by atoms with Crippen molar-refractivity contribution in [1.82, 2.24) is 0 Å². The Kier molecular flexibility index (Phi) is 9.60. The predicted molar refractivity (Wildman–Crippen MR) is 99.9 cm³/mol. The Morgan fingerprint density at radius 3 is 2.41 bits per heavy atom. The summed E-state index contributed by atoms with van der Waals surface area (Å²) in [7, 11) is 1.58. The average molecular weight is 379 g/mol. The molecule has 1 unspecified atom stereocenters. The molecule has 0 aromatic heterocycles. The number of carbonyl (C=O) groups excluding carboxylic acids is 1. The van der Waals surface area contributed by atoms with Gasteiger partial charge < -0.3 is 19.4 Å². The Morgan fingerprint density at radius 2 is 1.74 bits per heavy atom. The van der Waals surface area contributed by atoms with E-state index in [0.717, 1.165) is 16.5 Å². The zero-order valence-corrected chi connectivity index (χ0v) is 15.7. The van der Waals surface area contributed by atoms with Crippen molar-refractivity contribution < 1.29 is 29.3 Å². The fraction of sp³-hybridized carbons (Fsp3) is 0.421. The van der Waals surface area contributed by atoms with Crippen LogP contribution in [0.5, 0.6) is 5.75 Å². The molecular weight excluding hydrogens is 354 g/mol. The first-order valence-corrected chi connectivity index (χ1v) is 8.71. The van der Waals surface area contributed by atoms with E-state index in [4.69, 9.17) is 9.47 Å². The first kappa shape index (κ1) is 22.2. The van der Waals surface area contributed by atoms with Crippen molar-refractivity contribution in [3.05, 3.63) is 52.1 Å². The second-order valence-electron chi connectivity index (χ2n) is 5.31. The molecule has 1 N–H and O–H groups in total. The van der Waals surface area contributed by atoms with Crippen LogP contribution >= 0.6 is 0 Å². The summed E-state index contributed by atoms with van der Waals surface area (Å²) >= 11 is 0. The number of hydrogen-bond donors (Lipinski definition) is 1. The van der Waals surface area contributed by atoms with E-state index < -0.39 is 17.2 Å². The van der Waals surface area contributed by atoms with Crippen molar-refractivity contribution in [2.75, 3.05) is 20.3 Å². The van der Waals surface area contributed by atoms with Gasteiger partial charge in [-0.3, -0.25) is 0 Å². The van der Waals surface area contributed by atoms with Crippen LogP contribution in [-0.4, -0.2) is 36.5 Å². The highest BCUT2D eigenvalue weighted by molar-refractivity contribution is 5.86. The molecule has 0 bridgehead atoms. The highest BCUT2D eigenvalue weighted by Crippen LogP contribution is 2.25. The summed E-state index contributed by atoms with van der Waals surface area (Å²) in [5, 5.41) is 21.0. The van der Waals surface area contributed by atoms with Crippen LogP contribution in [0.2, 0.25) is 0 Å². The number of hydrogen-bond acceptors (Lipinski definition) is 7. The molecule has 8 heteroatoms. The summed E-state index contributed by atoms with van der Waals surface area (Å²) in [5.74, 6) is -0.0377. The quantitative estimate of drug-likeness (QED) is 0.308. The van der Waals surface area contributed by atoms with Gasteiger partial charge in [0.05, 0.1) is 20.3 Å². The zero-order chi connectivity index (χ0) is 20.2. The lowest BCUT2D eigenvalue weighted by Crippen LogP contribution is -2.16. The van der Waals surface area contributed by atoms with Gasteiger partial charge >= 0.3 is 5.97 Å². The molecule has 0 heterocycles. The van der Waals surface area contributed by atoms with Crippen molar-refractivity contribution >= 4 is 16.7 Å². The minimum absolute atomic E-state index is 0.0543. The van der Waals surface area contributed by atoms with E-state index in [0.29, 0.717) is 18.4 Å². The largest absolute Gasteiger partial charge is 0.497 e. The molecule has 0 aliphatic heterocycles. The summed E-state index contributed by atoms with van der Waals surface area (Å²) in [5.41, 5.74) is 0.430. The first-order chi connectivity index (χ1) is 13.0. The van der Waals surface area contributed by atoms with Gasteiger partial charge in [0.2, 0.25) is 0 Å². The molecule has 0 aliphatic carbocycles. The molecule has 8 nitrogen and oxygen atoms in total. The van der Waals surface area contributed by atoms with Crippen molar-refractivity contribution in [2.24, 2.45) is 0 Å². The minimum atomic E-state index is -1.39. The van der Waals surface area contributed by atoms with Gasteiger partial charge in [-0.15, -0.1) is 10.1 Å². The molecule has 2 rings (SSSR count). The number of methoxy groups -OCH3 is 1. The molecule has 2 aromatic rings. The maximum absolute atomic E-state index is 11.9. The topological polar surface area (TPSA) is 108 Å². The van der Waals surface area contributed by atoms with Crippen LogP contribution in [0.3, 0.4) is 0 Å². The predicted octanol–water partition coefficient (Wildman–Crippen LogP) is 3.44. The third-order valence-corrected chi connectivity index (χ3v) is 3.59. The molecule has 148 valence electrons. The van der Waals surface area contributed by atoms with Crippen LogP contribution < -0.4 is 4.74 Å². The summed E-state index contributed by atoms with van der Waals surface area (Å²) in [4.78, 5) is 26.0.